The van der Waals surface area contributed by atoms with Crippen LogP contribution in [0.1, 0.15) is 263 Å². The zero-order chi connectivity index (χ0) is 96.0. The van der Waals surface area contributed by atoms with Crippen molar-refractivity contribution in [2.75, 3.05) is 75.3 Å². The average Bonchev–Trinajstić information content (AvgIpc) is 1.66. The van der Waals surface area contributed by atoms with Gasteiger partial charge in [0.2, 0.25) is 5.70 Å². The van der Waals surface area contributed by atoms with Gasteiger partial charge in [-0.2, -0.15) is 31.6 Å². The smallest absolute Gasteiger partial charge is 0.292 e. The second kappa shape index (κ2) is 52.3. The van der Waals surface area contributed by atoms with Crippen LogP contribution in [0.5, 0.6) is 17.2 Å². The van der Waals surface area contributed by atoms with Crippen LogP contribution < -0.4 is 28.9 Å². The molecule has 0 N–H and O–H groups in total. The van der Waals surface area contributed by atoms with E-state index < -0.39 is 16.8 Å². The molecular formula is C112H132N12O7. The van der Waals surface area contributed by atoms with Crippen molar-refractivity contribution in [3.63, 3.8) is 0 Å². The third kappa shape index (κ3) is 28.6. The number of nitrogens with zero attached hydrogens (tertiary/aromatic N) is 12. The standard InChI is InChI=1S/2C37H42N4O2.C26H35NO2.C11H9N3O.CH4/c1-10-12-20-41(21-13-11-2)31-18-16-28(34(24-31)42-9)14-15-29-22-27(4)30(23-26(29)3)17-19-32-35(40-8)36(33(25-38)39-7)43-37(32,5)6;1-8-10-18-41(19-11-9-2)32-16-14-28(35(22-32)42-7)12-13-29-20-27(4)30(21-26(29)3)15-17-34-33(25-40)36(31(23-38)24-39)43-37(34,5)6;1-6-8-14-27(15-9-7-2)25-13-12-22(26(18-25)29-5)10-11-23-16-21(4)24(19-28)17-20(23)3;1-7-9(6-14)10(8(4-12)5-13)15-11(7,2)3;/h14-19,22-24H,10-13,20-21H2,1-6,9H3;12-17,20-22H,8-11,18-19H2,1-7H3;10-13,16-19H,6-9,14-15H2,1-5H3;1-3H3;1H4/b15-14+,19-17+,36-33+;13-12+,17-15+;11-10+;;. The Hall–Kier alpha value is -14.3. The summed E-state index contributed by atoms with van der Waals surface area (Å²) in [5, 5.41) is 64.2. The van der Waals surface area contributed by atoms with Crippen LogP contribution in [0.4, 0.5) is 17.1 Å². The zero-order valence-corrected chi connectivity index (χ0v) is 80.5. The van der Waals surface area contributed by atoms with Crippen LogP contribution in [-0.2, 0) is 14.2 Å². The third-order valence-corrected chi connectivity index (χ3v) is 23.2. The van der Waals surface area contributed by atoms with Crippen molar-refractivity contribution in [3.05, 3.63) is 277 Å². The summed E-state index contributed by atoms with van der Waals surface area (Å²) in [6.45, 7) is 59.6. The molecule has 3 heterocycles. The summed E-state index contributed by atoms with van der Waals surface area (Å²) >= 11 is 0. The van der Waals surface area contributed by atoms with E-state index in [1.165, 1.54) is 94.1 Å². The average molecular weight is 1760 g/mol. The summed E-state index contributed by atoms with van der Waals surface area (Å²) in [6, 6.07) is 45.0. The van der Waals surface area contributed by atoms with E-state index in [1.54, 1.807) is 54.2 Å². The largest absolute Gasteiger partial charge is 0.505 e. The van der Waals surface area contributed by atoms with Gasteiger partial charge in [0.05, 0.1) is 46.1 Å². The van der Waals surface area contributed by atoms with Crippen LogP contribution >= 0.6 is 0 Å². The number of carbonyl (C=O) groups is 1. The number of hydrogen-bond donors (Lipinski definition) is 0. The summed E-state index contributed by atoms with van der Waals surface area (Å²) in [4.78, 5) is 25.4. The van der Waals surface area contributed by atoms with Crippen LogP contribution in [0.3, 0.4) is 0 Å². The number of benzene rings is 6. The van der Waals surface area contributed by atoms with E-state index in [0.717, 1.165) is 152 Å². The fraction of sp³-hybridized carbons (Fsp3) is 0.393. The molecule has 682 valence electrons. The van der Waals surface area contributed by atoms with Gasteiger partial charge in [-0.1, -0.05) is 179 Å². The van der Waals surface area contributed by atoms with Crippen LogP contribution in [0, 0.1) is 134 Å². The van der Waals surface area contributed by atoms with E-state index >= 15 is 0 Å². The van der Waals surface area contributed by atoms with E-state index in [1.807, 2.05) is 96.2 Å². The molecule has 6 aromatic rings. The molecule has 3 aliphatic rings. The Morgan fingerprint density at radius 2 is 0.649 bits per heavy atom. The molecule has 0 aliphatic carbocycles. The maximum absolute atomic E-state index is 11.1. The quantitative estimate of drug-likeness (QED) is 0.0155. The van der Waals surface area contributed by atoms with E-state index in [0.29, 0.717) is 11.1 Å². The Bertz CT molecular complexity index is 5550. The van der Waals surface area contributed by atoms with Crippen molar-refractivity contribution in [1.29, 1.82) is 36.8 Å². The predicted octanol–water partition coefficient (Wildman–Crippen LogP) is 27.6. The van der Waals surface area contributed by atoms with Crippen molar-refractivity contribution in [1.82, 2.24) is 0 Å². The number of aldehydes is 1. The number of nitriles is 7. The zero-order valence-electron chi connectivity index (χ0n) is 80.5. The lowest BCUT2D eigenvalue weighted by molar-refractivity contribution is 0.0927. The van der Waals surface area contributed by atoms with E-state index in [4.69, 9.17) is 57.4 Å². The van der Waals surface area contributed by atoms with E-state index in [9.17, 15) is 25.8 Å². The van der Waals surface area contributed by atoms with Gasteiger partial charge in [-0.3, -0.25) is 4.79 Å². The van der Waals surface area contributed by atoms with Gasteiger partial charge in [0.15, 0.2) is 22.7 Å². The molecule has 0 spiro atoms. The maximum atomic E-state index is 11.1. The predicted molar refractivity (Wildman–Crippen MR) is 536 cm³/mol. The molecule has 9 rings (SSSR count). The van der Waals surface area contributed by atoms with Gasteiger partial charge < -0.3 is 43.1 Å². The number of carbonyl (C=O) groups excluding carboxylic acids is 1. The molecule has 19 nitrogen and oxygen atoms in total. The topological polar surface area (TPSA) is 257 Å². The monoisotopic (exact) mass is 1760 g/mol. The van der Waals surface area contributed by atoms with Gasteiger partial charge in [-0.25, -0.2) is 15.0 Å². The maximum Gasteiger partial charge on any atom is 0.292 e. The Morgan fingerprint density at radius 3 is 0.931 bits per heavy atom. The van der Waals surface area contributed by atoms with Gasteiger partial charge in [-0.05, 0) is 238 Å². The summed E-state index contributed by atoms with van der Waals surface area (Å²) in [5.41, 5.74) is 19.2. The molecule has 3 aliphatic heterocycles. The SMILES string of the molecule is C.CC1=C(C#N)C(=C(C#N)C#N)OC1(C)C.CCCCN(CCCC)c1ccc(/C=C/c2cc(C)c(/C=C/C3=C(C#N)C(=C(C#N)C#N)OC3(C)C)cc2C)c(OC)c1.CCCCN(CCCC)c1ccc(/C=C/c2cc(C)c(C=O)cc2C)c(OC)c1.[C-]#[N+]C1=C(/C=C/c2cc(C)c(/C=C/c3ccc(N(CCCC)CCCC)cc3OC)cc2C)C(C)(C)O/C1=C(\C#N)[N+]#[C-]. The lowest BCUT2D eigenvalue weighted by Gasteiger charge is -2.25. The van der Waals surface area contributed by atoms with Crippen molar-refractivity contribution in [2.24, 2.45) is 0 Å². The first kappa shape index (κ1) is 107. The lowest BCUT2D eigenvalue weighted by Crippen LogP contribution is -2.25. The van der Waals surface area contributed by atoms with Gasteiger partial charge in [-0.15, -0.1) is 0 Å². The molecule has 19 heteroatoms. The normalized spacial score (nSPS) is 14.1. The fourth-order valence-electron chi connectivity index (χ4n) is 15.0. The molecule has 0 radical (unpaired) electrons. The second-order valence-electron chi connectivity index (χ2n) is 33.8. The molecule has 0 atom stereocenters. The Kier molecular flexibility index (Phi) is 42.8. The molecule has 0 saturated carbocycles. The number of hydrogen-bond acceptors (Lipinski definition) is 17. The highest BCUT2D eigenvalue weighted by molar-refractivity contribution is 5.83. The molecule has 6 aromatic carbocycles. The summed E-state index contributed by atoms with van der Waals surface area (Å²) < 4.78 is 34.5. The highest BCUT2D eigenvalue weighted by Gasteiger charge is 2.41. The van der Waals surface area contributed by atoms with E-state index in [2.05, 4.69) is 221 Å². The van der Waals surface area contributed by atoms with Crippen molar-refractivity contribution in [2.45, 2.75) is 233 Å². The molecule has 0 bridgehead atoms. The van der Waals surface area contributed by atoms with Gasteiger partial charge in [0, 0.05) is 108 Å². The first-order valence-electron chi connectivity index (χ1n) is 44.8. The van der Waals surface area contributed by atoms with Crippen LogP contribution in [-0.4, -0.2) is 83.7 Å². The van der Waals surface area contributed by atoms with Crippen LogP contribution in [0.25, 0.3) is 58.3 Å². The second-order valence-corrected chi connectivity index (χ2v) is 33.8. The minimum atomic E-state index is -0.848. The number of methoxy groups -OCH3 is 3. The molecule has 0 unspecified atom stereocenters. The number of ether oxygens (including phenoxy) is 6. The number of rotatable bonds is 35. The number of aryl methyl sites for hydroxylation is 6. The molecular weight excluding hydrogens is 1630 g/mol. The van der Waals surface area contributed by atoms with Crippen LogP contribution in [0.15, 0.2) is 171 Å². The Labute approximate surface area is 782 Å². The van der Waals surface area contributed by atoms with Gasteiger partial charge in [0.25, 0.3) is 5.70 Å². The first-order valence-corrected chi connectivity index (χ1v) is 44.8. The highest BCUT2D eigenvalue weighted by Crippen LogP contribution is 2.45. The number of anilines is 3. The number of allylic oxidation sites excluding steroid dienone is 5. The molecule has 131 heavy (non-hydrogen) atoms. The van der Waals surface area contributed by atoms with Gasteiger partial charge in [0.1, 0.15) is 88.1 Å². The Morgan fingerprint density at radius 1 is 0.374 bits per heavy atom. The minimum absolute atomic E-state index is 0. The lowest BCUT2D eigenvalue weighted by atomic mass is 9.93. The fourth-order valence-corrected chi connectivity index (χ4v) is 15.0. The Balaban J connectivity index is 0.000000325. The summed E-state index contributed by atoms with van der Waals surface area (Å²) in [7, 11) is 5.18. The van der Waals surface area contributed by atoms with Crippen molar-refractivity contribution in [3.8, 4) is 59.7 Å². The van der Waals surface area contributed by atoms with Gasteiger partial charge >= 0.3 is 0 Å². The molecule has 0 saturated heterocycles. The third-order valence-electron chi connectivity index (χ3n) is 23.2. The highest BCUT2D eigenvalue weighted by atomic mass is 16.5. The molecule has 0 aromatic heterocycles. The summed E-state index contributed by atoms with van der Waals surface area (Å²) in [5.74, 6) is 2.80. The number of unbranched alkanes of at least 4 members (excludes halogenated alkanes) is 6. The van der Waals surface area contributed by atoms with Crippen molar-refractivity contribution >= 4 is 72.0 Å². The molecule has 0 amide bonds. The first-order chi connectivity index (χ1) is 62.3. The minimum Gasteiger partial charge on any atom is -0.505 e. The van der Waals surface area contributed by atoms with Crippen molar-refractivity contribution < 1.29 is 33.2 Å². The van der Waals surface area contributed by atoms with Crippen LogP contribution in [0.2, 0.25) is 0 Å². The van der Waals surface area contributed by atoms with E-state index in [-0.39, 0.29) is 58.4 Å². The molecule has 0 fully saturated rings. The summed E-state index contributed by atoms with van der Waals surface area (Å²) in [6.07, 6.45) is 35.3.